The van der Waals surface area contributed by atoms with Gasteiger partial charge in [-0.2, -0.15) is 0 Å². The van der Waals surface area contributed by atoms with Gasteiger partial charge in [0, 0.05) is 34.0 Å². The Hall–Kier alpha value is -5.67. The van der Waals surface area contributed by atoms with Gasteiger partial charge >= 0.3 is 0 Å². The normalized spacial score (nSPS) is 11.3. The molecule has 0 amide bonds. The molecule has 0 saturated carbocycles. The van der Waals surface area contributed by atoms with E-state index in [4.69, 9.17) is 4.42 Å². The van der Waals surface area contributed by atoms with Crippen molar-refractivity contribution in [3.05, 3.63) is 158 Å². The number of pyridine rings is 1. The first-order valence-electron chi connectivity index (χ1n) is 14.1. The van der Waals surface area contributed by atoms with Crippen LogP contribution in [0.25, 0.3) is 55.1 Å². The van der Waals surface area contributed by atoms with E-state index in [9.17, 15) is 0 Å². The number of nitrogens with zero attached hydrogens (tertiary/aromatic N) is 2. The number of furan rings is 1. The second kappa shape index (κ2) is 10.1. The average molecular weight is 539 g/mol. The molecule has 0 atom stereocenters. The molecule has 0 fully saturated rings. The maximum absolute atomic E-state index is 5.93. The molecule has 2 aromatic heterocycles. The molecule has 0 aliphatic carbocycles. The molecule has 0 aliphatic heterocycles. The van der Waals surface area contributed by atoms with Crippen LogP contribution >= 0.6 is 0 Å². The maximum atomic E-state index is 5.93. The Morgan fingerprint density at radius 1 is 0.429 bits per heavy atom. The Bertz CT molecular complexity index is 2180. The summed E-state index contributed by atoms with van der Waals surface area (Å²) in [7, 11) is 0. The van der Waals surface area contributed by atoms with Crippen molar-refractivity contribution in [1.82, 2.24) is 4.98 Å². The van der Waals surface area contributed by atoms with Crippen molar-refractivity contribution in [3.8, 4) is 22.3 Å². The first-order valence-corrected chi connectivity index (χ1v) is 14.1. The highest BCUT2D eigenvalue weighted by Gasteiger charge is 2.14. The lowest BCUT2D eigenvalue weighted by Gasteiger charge is -2.26. The van der Waals surface area contributed by atoms with Crippen LogP contribution in [0.1, 0.15) is 0 Å². The van der Waals surface area contributed by atoms with Gasteiger partial charge in [0.25, 0.3) is 0 Å². The molecule has 6 aromatic carbocycles. The molecule has 0 radical (unpaired) electrons. The lowest BCUT2D eigenvalue weighted by atomic mass is 10.0. The summed E-state index contributed by atoms with van der Waals surface area (Å²) in [5.74, 6) is 0. The summed E-state index contributed by atoms with van der Waals surface area (Å²) in [4.78, 5) is 6.67. The number of hydrogen-bond donors (Lipinski definition) is 0. The summed E-state index contributed by atoms with van der Waals surface area (Å²) >= 11 is 0. The quantitative estimate of drug-likeness (QED) is 0.218. The van der Waals surface area contributed by atoms with Gasteiger partial charge in [-0.1, -0.05) is 84.9 Å². The molecule has 198 valence electrons. The van der Waals surface area contributed by atoms with Gasteiger partial charge in [0.2, 0.25) is 5.71 Å². The monoisotopic (exact) mass is 538 g/mol. The topological polar surface area (TPSA) is 29.3 Å². The fraction of sp³-hybridized carbons (Fsp3) is 0. The zero-order chi connectivity index (χ0) is 27.9. The van der Waals surface area contributed by atoms with Crippen molar-refractivity contribution in [2.75, 3.05) is 4.90 Å². The Balaban J connectivity index is 1.15. The zero-order valence-electron chi connectivity index (χ0n) is 22.8. The Morgan fingerprint density at radius 3 is 1.76 bits per heavy atom. The van der Waals surface area contributed by atoms with E-state index in [1.54, 1.807) is 6.20 Å². The Labute approximate surface area is 243 Å². The van der Waals surface area contributed by atoms with E-state index in [1.165, 1.54) is 21.9 Å². The van der Waals surface area contributed by atoms with Crippen LogP contribution in [-0.4, -0.2) is 4.98 Å². The highest BCUT2D eigenvalue weighted by molar-refractivity contribution is 6.05. The van der Waals surface area contributed by atoms with Crippen LogP contribution in [-0.2, 0) is 0 Å². The van der Waals surface area contributed by atoms with Crippen LogP contribution < -0.4 is 4.90 Å². The third kappa shape index (κ3) is 4.29. The van der Waals surface area contributed by atoms with Crippen LogP contribution in [0.2, 0.25) is 0 Å². The largest absolute Gasteiger partial charge is 0.438 e. The van der Waals surface area contributed by atoms with Gasteiger partial charge in [-0.3, -0.25) is 0 Å². The number of aromatic nitrogens is 1. The van der Waals surface area contributed by atoms with E-state index in [0.29, 0.717) is 5.71 Å². The van der Waals surface area contributed by atoms with Gasteiger partial charge in [0.15, 0.2) is 0 Å². The van der Waals surface area contributed by atoms with Crippen molar-refractivity contribution in [3.63, 3.8) is 0 Å². The minimum Gasteiger partial charge on any atom is -0.438 e. The fourth-order valence-electron chi connectivity index (χ4n) is 5.79. The van der Waals surface area contributed by atoms with Crippen LogP contribution in [0.3, 0.4) is 0 Å². The SMILES string of the molecule is c1ccc(N(c2ccc(-c3ccc4ccccc4c3)cc2)c2ccc(-c3ccc4oc5ncccc5c4c3)cc2)cc1. The second-order valence-corrected chi connectivity index (χ2v) is 10.5. The molecule has 3 heteroatoms. The summed E-state index contributed by atoms with van der Waals surface area (Å²) in [5, 5.41) is 4.62. The van der Waals surface area contributed by atoms with E-state index in [0.717, 1.165) is 44.5 Å². The molecule has 8 aromatic rings. The van der Waals surface area contributed by atoms with Crippen LogP contribution in [0, 0.1) is 0 Å². The molecule has 42 heavy (non-hydrogen) atoms. The highest BCUT2D eigenvalue weighted by Crippen LogP contribution is 2.37. The van der Waals surface area contributed by atoms with Crippen molar-refractivity contribution in [2.45, 2.75) is 0 Å². The van der Waals surface area contributed by atoms with Crippen molar-refractivity contribution in [1.29, 1.82) is 0 Å². The lowest BCUT2D eigenvalue weighted by molar-refractivity contribution is 0.654. The maximum Gasteiger partial charge on any atom is 0.227 e. The van der Waals surface area contributed by atoms with E-state index >= 15 is 0 Å². The molecule has 0 N–H and O–H groups in total. The van der Waals surface area contributed by atoms with Crippen molar-refractivity contribution in [2.24, 2.45) is 0 Å². The third-order valence-corrected chi connectivity index (χ3v) is 7.93. The first-order chi connectivity index (χ1) is 20.8. The minimum absolute atomic E-state index is 0.671. The summed E-state index contributed by atoms with van der Waals surface area (Å²) < 4.78 is 5.93. The minimum atomic E-state index is 0.671. The molecule has 0 saturated heterocycles. The number of anilines is 3. The predicted octanol–water partition coefficient (Wildman–Crippen LogP) is 10.9. The molecule has 0 spiro atoms. The Morgan fingerprint density at radius 2 is 1.02 bits per heavy atom. The number of para-hydroxylation sites is 1. The summed E-state index contributed by atoms with van der Waals surface area (Å²) in [6.07, 6.45) is 1.76. The standard InChI is InChI=1S/C39H26N2O/c1-2-9-33(10-3-1)41(34-19-14-28(15-20-34)31-13-12-27-7-4-5-8-30(27)25-31)35-21-16-29(17-22-35)32-18-23-38-37(26-32)36-11-6-24-40-39(36)42-38/h1-26H. The van der Waals surface area contributed by atoms with Crippen molar-refractivity contribution < 1.29 is 4.42 Å². The highest BCUT2D eigenvalue weighted by atomic mass is 16.3. The molecular weight excluding hydrogens is 512 g/mol. The second-order valence-electron chi connectivity index (χ2n) is 10.5. The van der Waals surface area contributed by atoms with Gasteiger partial charge in [-0.15, -0.1) is 0 Å². The third-order valence-electron chi connectivity index (χ3n) is 7.93. The van der Waals surface area contributed by atoms with E-state index in [2.05, 4.69) is 149 Å². The first kappa shape index (κ1) is 24.2. The molecule has 3 nitrogen and oxygen atoms in total. The summed E-state index contributed by atoms with van der Waals surface area (Å²) in [6.45, 7) is 0. The van der Waals surface area contributed by atoms with E-state index in [-0.39, 0.29) is 0 Å². The molecule has 0 unspecified atom stereocenters. The Kier molecular flexibility index (Phi) is 5.79. The number of rotatable bonds is 5. The van der Waals surface area contributed by atoms with Crippen molar-refractivity contribution >= 4 is 49.9 Å². The molecular formula is C39H26N2O. The smallest absolute Gasteiger partial charge is 0.227 e. The average Bonchev–Trinajstić information content (AvgIpc) is 3.44. The molecule has 0 aliphatic rings. The van der Waals surface area contributed by atoms with Gasteiger partial charge in [0.05, 0.1) is 0 Å². The fourth-order valence-corrected chi connectivity index (χ4v) is 5.79. The van der Waals surface area contributed by atoms with Crippen LogP contribution in [0.5, 0.6) is 0 Å². The summed E-state index contributed by atoms with van der Waals surface area (Å²) in [6, 6.07) is 53.6. The van der Waals surface area contributed by atoms with Crippen LogP contribution in [0.15, 0.2) is 162 Å². The molecule has 2 heterocycles. The predicted molar refractivity (Wildman–Crippen MR) is 175 cm³/mol. The van der Waals surface area contributed by atoms with Gasteiger partial charge in [0.1, 0.15) is 5.58 Å². The van der Waals surface area contributed by atoms with Gasteiger partial charge in [-0.05, 0) is 99.8 Å². The number of hydrogen-bond acceptors (Lipinski definition) is 3. The van der Waals surface area contributed by atoms with E-state index in [1.807, 2.05) is 12.1 Å². The zero-order valence-corrected chi connectivity index (χ0v) is 22.8. The number of benzene rings is 6. The molecule has 8 rings (SSSR count). The van der Waals surface area contributed by atoms with Gasteiger partial charge in [-0.25, -0.2) is 4.98 Å². The molecule has 0 bridgehead atoms. The number of fused-ring (bicyclic) bond motifs is 4. The van der Waals surface area contributed by atoms with E-state index < -0.39 is 0 Å². The summed E-state index contributed by atoms with van der Waals surface area (Å²) in [5.41, 5.74) is 9.56. The van der Waals surface area contributed by atoms with Gasteiger partial charge < -0.3 is 9.32 Å². The lowest BCUT2D eigenvalue weighted by Crippen LogP contribution is -2.09. The van der Waals surface area contributed by atoms with Crippen LogP contribution in [0.4, 0.5) is 17.1 Å².